The number of rotatable bonds is 11. The zero-order valence-corrected chi connectivity index (χ0v) is 32.2. The van der Waals surface area contributed by atoms with Gasteiger partial charge in [0.25, 0.3) is 0 Å². The number of aromatic nitrogens is 4. The molecule has 0 radical (unpaired) electrons. The van der Waals surface area contributed by atoms with E-state index >= 15 is 0 Å². The molecule has 3 aromatic heterocycles. The number of para-hydroxylation sites is 1. The molecule has 7 aromatic rings. The van der Waals surface area contributed by atoms with E-state index in [0.29, 0.717) is 23.7 Å². The first-order valence-corrected chi connectivity index (χ1v) is 19.0. The Morgan fingerprint density at radius 2 is 1.44 bits per heavy atom. The minimum absolute atomic E-state index is 0.393. The van der Waals surface area contributed by atoms with Crippen molar-refractivity contribution in [3.05, 3.63) is 131 Å². The summed E-state index contributed by atoms with van der Waals surface area (Å²) in [5.74, 6) is 4.39. The summed E-state index contributed by atoms with van der Waals surface area (Å²) in [7, 11) is 0. The number of hydrogen-bond acceptors (Lipinski definition) is 3. The largest absolute Gasteiger partial charge is 0.457 e. The molecule has 0 aliphatic rings. The first-order valence-electron chi connectivity index (χ1n) is 19.0. The van der Waals surface area contributed by atoms with Crippen molar-refractivity contribution in [2.75, 3.05) is 0 Å². The molecular formula is C47H52N4O. The van der Waals surface area contributed by atoms with Crippen LogP contribution in [0.1, 0.15) is 95.0 Å². The lowest BCUT2D eigenvalue weighted by atomic mass is 9.77. The van der Waals surface area contributed by atoms with Gasteiger partial charge in [-0.3, -0.25) is 4.57 Å². The van der Waals surface area contributed by atoms with Crippen molar-refractivity contribution in [2.45, 2.75) is 87.0 Å². The number of nitrogens with zero attached hydrogens (tertiary/aromatic N) is 4. The second-order valence-electron chi connectivity index (χ2n) is 15.9. The van der Waals surface area contributed by atoms with Gasteiger partial charge in [-0.15, -0.1) is 0 Å². The third-order valence-electron chi connectivity index (χ3n) is 10.0. The highest BCUT2D eigenvalue weighted by Gasteiger charge is 2.24. The van der Waals surface area contributed by atoms with E-state index in [4.69, 9.17) is 14.8 Å². The third kappa shape index (κ3) is 6.89. The van der Waals surface area contributed by atoms with Gasteiger partial charge in [-0.05, 0) is 119 Å². The summed E-state index contributed by atoms with van der Waals surface area (Å²) >= 11 is 0. The Balaban J connectivity index is 1.27. The van der Waals surface area contributed by atoms with Crippen LogP contribution in [0.15, 0.2) is 104 Å². The fourth-order valence-electron chi connectivity index (χ4n) is 7.83. The Bertz CT molecular complexity index is 2370. The van der Waals surface area contributed by atoms with Gasteiger partial charge in [0, 0.05) is 40.9 Å². The predicted molar refractivity (Wildman–Crippen MR) is 218 cm³/mol. The molecule has 7 rings (SSSR count). The van der Waals surface area contributed by atoms with Crippen molar-refractivity contribution in [1.29, 1.82) is 0 Å². The maximum absolute atomic E-state index is 6.57. The van der Waals surface area contributed by atoms with Crippen LogP contribution in [-0.2, 0) is 12.8 Å². The fraction of sp³-hybridized carbons (Fsp3) is 0.319. The number of aryl methyl sites for hydroxylation is 1. The van der Waals surface area contributed by atoms with Crippen LogP contribution in [0.3, 0.4) is 0 Å². The van der Waals surface area contributed by atoms with Crippen LogP contribution in [0.2, 0.25) is 0 Å². The molecule has 0 unspecified atom stereocenters. The van der Waals surface area contributed by atoms with Crippen LogP contribution in [0.25, 0.3) is 44.4 Å². The molecule has 0 N–H and O–H groups in total. The van der Waals surface area contributed by atoms with Gasteiger partial charge in [-0.1, -0.05) is 85.7 Å². The SMILES string of the molecule is Cc1ccnc(-n2c3ccccc3c3ccc(Oc4cccc(-n5cc(-c6c(C(C)C)cc(CC(C)C)c(CC(C)C)c6C(C)C)cn5)c4)cc32)c1. The second-order valence-corrected chi connectivity index (χ2v) is 15.9. The third-order valence-corrected chi connectivity index (χ3v) is 10.0. The summed E-state index contributed by atoms with van der Waals surface area (Å²) in [4.78, 5) is 4.74. The maximum atomic E-state index is 6.57. The van der Waals surface area contributed by atoms with Crippen LogP contribution in [-0.4, -0.2) is 19.3 Å². The normalized spacial score (nSPS) is 12.0. The van der Waals surface area contributed by atoms with Gasteiger partial charge in [0.1, 0.15) is 17.3 Å². The van der Waals surface area contributed by atoms with E-state index in [1.807, 2.05) is 35.3 Å². The van der Waals surface area contributed by atoms with Crippen molar-refractivity contribution >= 4 is 21.8 Å². The molecule has 0 amide bonds. The molecule has 0 spiro atoms. The lowest BCUT2D eigenvalue weighted by molar-refractivity contribution is 0.483. The molecular weight excluding hydrogens is 637 g/mol. The summed E-state index contributed by atoms with van der Waals surface area (Å²) in [5, 5.41) is 7.30. The van der Waals surface area contributed by atoms with Gasteiger partial charge in [-0.25, -0.2) is 9.67 Å². The molecule has 0 saturated heterocycles. The number of fused-ring (bicyclic) bond motifs is 3. The van der Waals surface area contributed by atoms with Crippen LogP contribution in [0.4, 0.5) is 0 Å². The monoisotopic (exact) mass is 688 g/mol. The van der Waals surface area contributed by atoms with Crippen molar-refractivity contribution in [2.24, 2.45) is 11.8 Å². The fourth-order valence-corrected chi connectivity index (χ4v) is 7.83. The quantitative estimate of drug-likeness (QED) is 0.136. The minimum Gasteiger partial charge on any atom is -0.457 e. The first kappa shape index (κ1) is 35.3. The minimum atomic E-state index is 0.393. The number of ether oxygens (including phenoxy) is 1. The lowest BCUT2D eigenvalue weighted by Gasteiger charge is -2.27. The average Bonchev–Trinajstić information content (AvgIpc) is 3.71. The molecule has 0 bridgehead atoms. The highest BCUT2D eigenvalue weighted by molar-refractivity contribution is 6.09. The van der Waals surface area contributed by atoms with Crippen LogP contribution >= 0.6 is 0 Å². The van der Waals surface area contributed by atoms with Gasteiger partial charge >= 0.3 is 0 Å². The van der Waals surface area contributed by atoms with E-state index in [1.165, 1.54) is 49.7 Å². The Kier molecular flexibility index (Phi) is 9.80. The highest BCUT2D eigenvalue weighted by atomic mass is 16.5. The molecule has 3 heterocycles. The summed E-state index contributed by atoms with van der Waals surface area (Å²) in [5.41, 5.74) is 12.8. The van der Waals surface area contributed by atoms with Crippen LogP contribution in [0.5, 0.6) is 11.5 Å². The van der Waals surface area contributed by atoms with Crippen molar-refractivity contribution in [3.63, 3.8) is 0 Å². The zero-order valence-electron chi connectivity index (χ0n) is 32.2. The molecule has 4 aromatic carbocycles. The van der Waals surface area contributed by atoms with Crippen molar-refractivity contribution < 1.29 is 4.74 Å². The molecule has 0 atom stereocenters. The number of benzene rings is 4. The maximum Gasteiger partial charge on any atom is 0.137 e. The molecule has 5 heteroatoms. The summed E-state index contributed by atoms with van der Waals surface area (Å²) in [6, 6.07) is 29.7. The van der Waals surface area contributed by atoms with E-state index in [9.17, 15) is 0 Å². The topological polar surface area (TPSA) is 44.9 Å². The van der Waals surface area contributed by atoms with Gasteiger partial charge in [0.05, 0.1) is 22.9 Å². The molecule has 52 heavy (non-hydrogen) atoms. The molecule has 0 saturated carbocycles. The van der Waals surface area contributed by atoms with E-state index in [-0.39, 0.29) is 0 Å². The van der Waals surface area contributed by atoms with Crippen molar-refractivity contribution in [3.8, 4) is 34.1 Å². The first-order chi connectivity index (χ1) is 25.0. The van der Waals surface area contributed by atoms with Gasteiger partial charge in [0.15, 0.2) is 0 Å². The van der Waals surface area contributed by atoms with Crippen molar-refractivity contribution in [1.82, 2.24) is 19.3 Å². The Morgan fingerprint density at radius 1 is 0.692 bits per heavy atom. The number of pyridine rings is 1. The van der Waals surface area contributed by atoms with E-state index < -0.39 is 0 Å². The molecule has 0 fully saturated rings. The summed E-state index contributed by atoms with van der Waals surface area (Å²) < 4.78 is 10.8. The number of hydrogen-bond donors (Lipinski definition) is 0. The summed E-state index contributed by atoms with van der Waals surface area (Å²) in [6.07, 6.45) is 8.31. The smallest absolute Gasteiger partial charge is 0.137 e. The van der Waals surface area contributed by atoms with Gasteiger partial charge in [-0.2, -0.15) is 5.10 Å². The van der Waals surface area contributed by atoms with Crippen LogP contribution in [0, 0.1) is 18.8 Å². The standard InChI is InChI=1S/C47H52N4O/c1-29(2)21-34-24-41(31(5)6)47(46(32(7)8)42(34)22-30(3)4)35-27-49-50(28-35)36-13-12-14-37(25-36)52-38-17-18-40-39-15-10-11-16-43(39)51(44(40)26-38)45-23-33(9)19-20-48-45/h10-20,23-32H,21-22H2,1-9H3. The van der Waals surface area contributed by atoms with E-state index in [2.05, 4.69) is 140 Å². The predicted octanol–water partition coefficient (Wildman–Crippen LogP) is 12.8. The molecule has 266 valence electrons. The molecule has 5 nitrogen and oxygen atoms in total. The molecule has 0 aliphatic carbocycles. The van der Waals surface area contributed by atoms with Gasteiger partial charge < -0.3 is 4.74 Å². The summed E-state index contributed by atoms with van der Waals surface area (Å²) in [6.45, 7) is 20.8. The Morgan fingerprint density at radius 3 is 2.17 bits per heavy atom. The average molecular weight is 689 g/mol. The Hall–Kier alpha value is -5.16. The van der Waals surface area contributed by atoms with E-state index in [0.717, 1.165) is 46.9 Å². The van der Waals surface area contributed by atoms with Crippen LogP contribution < -0.4 is 4.74 Å². The highest BCUT2D eigenvalue weighted by Crippen LogP contribution is 2.42. The van der Waals surface area contributed by atoms with E-state index in [1.54, 1.807) is 0 Å². The zero-order chi connectivity index (χ0) is 36.7. The Labute approximate surface area is 309 Å². The second kappa shape index (κ2) is 14.5. The lowest BCUT2D eigenvalue weighted by Crippen LogP contribution is -2.12. The van der Waals surface area contributed by atoms with Gasteiger partial charge in [0.2, 0.25) is 0 Å². The molecule has 0 aliphatic heterocycles.